The molecule has 0 bridgehead atoms. The quantitative estimate of drug-likeness (QED) is 0.766. The Kier molecular flexibility index (Phi) is 7.36. The molecule has 0 spiro atoms. The largest absolute Gasteiger partial charge is 0.479 e. The van der Waals surface area contributed by atoms with Crippen LogP contribution in [0.4, 0.5) is 0 Å². The van der Waals surface area contributed by atoms with Gasteiger partial charge < -0.3 is 19.9 Å². The third-order valence-corrected chi connectivity index (χ3v) is 3.01. The molecule has 0 aliphatic heterocycles. The summed E-state index contributed by atoms with van der Waals surface area (Å²) < 4.78 is 10.5. The molecule has 2 unspecified atom stereocenters. The first-order valence-electron chi connectivity index (χ1n) is 6.39. The number of benzene rings is 1. The van der Waals surface area contributed by atoms with Gasteiger partial charge >= 0.3 is 0 Å². The Hall–Kier alpha value is -1.30. The molecule has 0 heterocycles. The van der Waals surface area contributed by atoms with E-state index in [2.05, 4.69) is 5.32 Å². The van der Waals surface area contributed by atoms with Crippen molar-refractivity contribution in [3.8, 4) is 5.75 Å². The van der Waals surface area contributed by atoms with Crippen molar-refractivity contribution in [1.82, 2.24) is 5.32 Å². The third kappa shape index (κ3) is 5.36. The SMILES string of the molecule is COCC(CCO)NC(=O)C(C)Oc1ccccc1Cl. The van der Waals surface area contributed by atoms with Crippen molar-refractivity contribution in [2.24, 2.45) is 0 Å². The normalized spacial score (nSPS) is 13.6. The van der Waals surface area contributed by atoms with E-state index in [-0.39, 0.29) is 18.6 Å². The zero-order valence-electron chi connectivity index (χ0n) is 11.6. The molecule has 0 fully saturated rings. The lowest BCUT2D eigenvalue weighted by Crippen LogP contribution is -2.44. The Morgan fingerprint density at radius 1 is 1.45 bits per heavy atom. The number of hydrogen-bond acceptors (Lipinski definition) is 4. The first-order valence-corrected chi connectivity index (χ1v) is 6.77. The summed E-state index contributed by atoms with van der Waals surface area (Å²) in [6.07, 6.45) is -0.258. The third-order valence-electron chi connectivity index (χ3n) is 2.70. The number of aliphatic hydroxyl groups excluding tert-OH is 1. The first-order chi connectivity index (χ1) is 9.58. The van der Waals surface area contributed by atoms with E-state index >= 15 is 0 Å². The Morgan fingerprint density at radius 2 is 2.15 bits per heavy atom. The van der Waals surface area contributed by atoms with Crippen LogP contribution in [0.15, 0.2) is 24.3 Å². The highest BCUT2D eigenvalue weighted by molar-refractivity contribution is 6.32. The van der Waals surface area contributed by atoms with Crippen LogP contribution in [0.3, 0.4) is 0 Å². The van der Waals surface area contributed by atoms with Gasteiger partial charge in [-0.2, -0.15) is 0 Å². The van der Waals surface area contributed by atoms with Gasteiger partial charge in [-0.3, -0.25) is 4.79 Å². The van der Waals surface area contributed by atoms with Gasteiger partial charge in [0.15, 0.2) is 6.10 Å². The average molecular weight is 302 g/mol. The first kappa shape index (κ1) is 16.8. The summed E-state index contributed by atoms with van der Waals surface area (Å²) in [5.41, 5.74) is 0. The molecule has 1 aromatic rings. The maximum Gasteiger partial charge on any atom is 0.261 e. The smallest absolute Gasteiger partial charge is 0.261 e. The highest BCUT2D eigenvalue weighted by atomic mass is 35.5. The number of rotatable bonds is 8. The fourth-order valence-electron chi connectivity index (χ4n) is 1.66. The number of nitrogens with one attached hydrogen (secondary N) is 1. The topological polar surface area (TPSA) is 67.8 Å². The van der Waals surface area contributed by atoms with E-state index in [1.54, 1.807) is 38.3 Å². The fourth-order valence-corrected chi connectivity index (χ4v) is 1.84. The lowest BCUT2D eigenvalue weighted by Gasteiger charge is -2.20. The molecule has 2 N–H and O–H groups in total. The second-order valence-electron chi connectivity index (χ2n) is 4.36. The van der Waals surface area contributed by atoms with E-state index in [1.165, 1.54) is 0 Å². The highest BCUT2D eigenvalue weighted by Crippen LogP contribution is 2.24. The second kappa shape index (κ2) is 8.79. The minimum absolute atomic E-state index is 0.0198. The van der Waals surface area contributed by atoms with E-state index < -0.39 is 6.10 Å². The van der Waals surface area contributed by atoms with Gasteiger partial charge in [-0.15, -0.1) is 0 Å². The van der Waals surface area contributed by atoms with Crippen LogP contribution in [0.25, 0.3) is 0 Å². The number of aliphatic hydroxyl groups is 1. The van der Waals surface area contributed by atoms with Gasteiger partial charge in [-0.05, 0) is 25.5 Å². The molecular formula is C14H20ClNO4. The number of para-hydroxylation sites is 1. The van der Waals surface area contributed by atoms with Gasteiger partial charge in [-0.1, -0.05) is 23.7 Å². The van der Waals surface area contributed by atoms with Crippen molar-refractivity contribution < 1.29 is 19.4 Å². The molecule has 1 aromatic carbocycles. The van der Waals surface area contributed by atoms with Crippen LogP contribution < -0.4 is 10.1 Å². The molecule has 0 aromatic heterocycles. The zero-order chi connectivity index (χ0) is 15.0. The van der Waals surface area contributed by atoms with E-state index in [9.17, 15) is 4.79 Å². The van der Waals surface area contributed by atoms with Crippen LogP contribution in [-0.2, 0) is 9.53 Å². The number of carbonyl (C=O) groups excluding carboxylic acids is 1. The predicted octanol–water partition coefficient (Wildman–Crippen LogP) is 1.62. The van der Waals surface area contributed by atoms with Crippen molar-refractivity contribution in [1.29, 1.82) is 0 Å². The summed E-state index contributed by atoms with van der Waals surface area (Å²) in [6, 6.07) is 6.73. The molecule has 2 atom stereocenters. The maximum absolute atomic E-state index is 12.0. The minimum Gasteiger partial charge on any atom is -0.479 e. The van der Waals surface area contributed by atoms with Gasteiger partial charge in [0, 0.05) is 13.7 Å². The van der Waals surface area contributed by atoms with E-state index in [1.807, 2.05) is 0 Å². The summed E-state index contributed by atoms with van der Waals surface area (Å²) in [4.78, 5) is 12.0. The van der Waals surface area contributed by atoms with Crippen LogP contribution in [-0.4, -0.2) is 43.5 Å². The number of amides is 1. The van der Waals surface area contributed by atoms with Crippen molar-refractivity contribution >= 4 is 17.5 Å². The molecule has 112 valence electrons. The summed E-state index contributed by atoms with van der Waals surface area (Å²) in [6.45, 7) is 1.96. The monoisotopic (exact) mass is 301 g/mol. The minimum atomic E-state index is -0.687. The molecule has 0 saturated carbocycles. The lowest BCUT2D eigenvalue weighted by atomic mass is 10.2. The summed E-state index contributed by atoms with van der Waals surface area (Å²) >= 11 is 5.97. The van der Waals surface area contributed by atoms with Gasteiger partial charge in [0.1, 0.15) is 5.75 Å². The average Bonchev–Trinajstić information content (AvgIpc) is 2.41. The molecular weight excluding hydrogens is 282 g/mol. The molecule has 20 heavy (non-hydrogen) atoms. The second-order valence-corrected chi connectivity index (χ2v) is 4.77. The molecule has 1 rings (SSSR count). The molecule has 0 saturated heterocycles. The number of ether oxygens (including phenoxy) is 2. The Balaban J connectivity index is 2.56. The molecule has 0 radical (unpaired) electrons. The van der Waals surface area contributed by atoms with E-state index in [0.29, 0.717) is 23.8 Å². The Labute approximate surface area is 123 Å². The van der Waals surface area contributed by atoms with E-state index in [4.69, 9.17) is 26.2 Å². The number of halogens is 1. The van der Waals surface area contributed by atoms with Crippen LogP contribution in [0, 0.1) is 0 Å². The molecule has 0 aliphatic rings. The van der Waals surface area contributed by atoms with Gasteiger partial charge in [0.25, 0.3) is 5.91 Å². The molecule has 6 heteroatoms. The highest BCUT2D eigenvalue weighted by Gasteiger charge is 2.19. The predicted molar refractivity (Wildman–Crippen MR) is 77.1 cm³/mol. The van der Waals surface area contributed by atoms with Crippen LogP contribution >= 0.6 is 11.6 Å². The lowest BCUT2D eigenvalue weighted by molar-refractivity contribution is -0.128. The molecule has 5 nitrogen and oxygen atoms in total. The maximum atomic E-state index is 12.0. The molecule has 0 aliphatic carbocycles. The van der Waals surface area contributed by atoms with Crippen LogP contribution in [0.1, 0.15) is 13.3 Å². The Morgan fingerprint density at radius 3 is 2.75 bits per heavy atom. The fraction of sp³-hybridized carbons (Fsp3) is 0.500. The summed E-state index contributed by atoms with van der Waals surface area (Å²) in [5, 5.41) is 12.2. The van der Waals surface area contributed by atoms with Crippen molar-refractivity contribution in [2.75, 3.05) is 20.3 Å². The summed E-state index contributed by atoms with van der Waals surface area (Å²) in [5.74, 6) is 0.183. The number of carbonyl (C=O) groups is 1. The van der Waals surface area contributed by atoms with Crippen molar-refractivity contribution in [2.45, 2.75) is 25.5 Å². The number of hydrogen-bond donors (Lipinski definition) is 2. The zero-order valence-corrected chi connectivity index (χ0v) is 12.4. The van der Waals surface area contributed by atoms with Crippen LogP contribution in [0.2, 0.25) is 5.02 Å². The van der Waals surface area contributed by atoms with Gasteiger partial charge in [-0.25, -0.2) is 0 Å². The number of methoxy groups -OCH3 is 1. The van der Waals surface area contributed by atoms with Gasteiger partial charge in [0.05, 0.1) is 17.7 Å². The van der Waals surface area contributed by atoms with Gasteiger partial charge in [0.2, 0.25) is 0 Å². The van der Waals surface area contributed by atoms with Crippen LogP contribution in [0.5, 0.6) is 5.75 Å². The Bertz CT molecular complexity index is 421. The summed E-state index contributed by atoms with van der Waals surface area (Å²) in [7, 11) is 1.54. The standard InChI is InChI=1S/C14H20ClNO4/c1-10(20-13-6-4-3-5-12(13)15)14(18)16-11(7-8-17)9-19-2/h3-6,10-11,17H,7-9H2,1-2H3,(H,16,18). The van der Waals surface area contributed by atoms with E-state index in [0.717, 1.165) is 0 Å². The van der Waals surface area contributed by atoms with Crippen molar-refractivity contribution in [3.05, 3.63) is 29.3 Å². The van der Waals surface area contributed by atoms with Crippen molar-refractivity contribution in [3.63, 3.8) is 0 Å². The molecule has 1 amide bonds.